The Hall–Kier alpha value is -1.10. The van der Waals surface area contributed by atoms with Crippen molar-refractivity contribution in [3.63, 3.8) is 0 Å². The Morgan fingerprint density at radius 2 is 2.33 bits per heavy atom. The van der Waals surface area contributed by atoms with Gasteiger partial charge in [-0.05, 0) is 19.8 Å². The van der Waals surface area contributed by atoms with Gasteiger partial charge in [-0.3, -0.25) is 9.59 Å². The number of rotatable bonds is 3. The summed E-state index contributed by atoms with van der Waals surface area (Å²) in [4.78, 5) is 24.8. The van der Waals surface area contributed by atoms with Crippen LogP contribution in [0.1, 0.15) is 19.8 Å². The van der Waals surface area contributed by atoms with Crippen LogP contribution >= 0.6 is 0 Å². The van der Waals surface area contributed by atoms with Crippen LogP contribution in [0.2, 0.25) is 0 Å². The Balaban J connectivity index is 1.83. The molecule has 1 heterocycles. The number of piperazine rings is 1. The topological polar surface area (TPSA) is 61.4 Å². The predicted octanol–water partition coefficient (Wildman–Crippen LogP) is -0.915. The Morgan fingerprint density at radius 1 is 1.60 bits per heavy atom. The van der Waals surface area contributed by atoms with Crippen molar-refractivity contribution in [3.05, 3.63) is 0 Å². The minimum atomic E-state index is -0.327. The summed E-state index contributed by atoms with van der Waals surface area (Å²) < 4.78 is 0. The highest BCUT2D eigenvalue weighted by Gasteiger charge is 2.30. The molecule has 2 N–H and O–H groups in total. The van der Waals surface area contributed by atoms with Crippen molar-refractivity contribution in [2.75, 3.05) is 19.6 Å². The van der Waals surface area contributed by atoms with E-state index in [1.807, 2.05) is 0 Å². The number of amides is 2. The van der Waals surface area contributed by atoms with Crippen molar-refractivity contribution in [2.45, 2.75) is 31.8 Å². The Labute approximate surface area is 89.2 Å². The smallest absolute Gasteiger partial charge is 0.242 e. The van der Waals surface area contributed by atoms with Crippen LogP contribution in [0.5, 0.6) is 0 Å². The molecule has 0 spiro atoms. The van der Waals surface area contributed by atoms with E-state index in [1.54, 1.807) is 11.8 Å². The van der Waals surface area contributed by atoms with E-state index in [-0.39, 0.29) is 17.9 Å². The molecular formula is C10H17N3O2. The highest BCUT2D eigenvalue weighted by molar-refractivity contribution is 5.89. The molecule has 15 heavy (non-hydrogen) atoms. The molecule has 84 valence electrons. The van der Waals surface area contributed by atoms with Gasteiger partial charge in [0.05, 0.1) is 6.54 Å². The normalized spacial score (nSPS) is 26.3. The van der Waals surface area contributed by atoms with Gasteiger partial charge >= 0.3 is 0 Å². The van der Waals surface area contributed by atoms with Crippen molar-refractivity contribution >= 4 is 11.8 Å². The third kappa shape index (κ3) is 2.47. The number of carbonyl (C=O) groups excluding carboxylic acids is 2. The van der Waals surface area contributed by atoms with Gasteiger partial charge in [0.1, 0.15) is 6.04 Å². The van der Waals surface area contributed by atoms with E-state index in [9.17, 15) is 9.59 Å². The van der Waals surface area contributed by atoms with Crippen molar-refractivity contribution in [1.29, 1.82) is 0 Å². The van der Waals surface area contributed by atoms with E-state index < -0.39 is 0 Å². The lowest BCUT2D eigenvalue weighted by molar-refractivity contribution is -0.141. The van der Waals surface area contributed by atoms with Crippen molar-refractivity contribution in [2.24, 2.45) is 0 Å². The lowest BCUT2D eigenvalue weighted by Crippen LogP contribution is -2.57. The van der Waals surface area contributed by atoms with Gasteiger partial charge < -0.3 is 15.5 Å². The molecule has 2 amide bonds. The van der Waals surface area contributed by atoms with Crippen LogP contribution in [-0.4, -0.2) is 48.4 Å². The fourth-order valence-electron chi connectivity index (χ4n) is 1.74. The third-order valence-electron chi connectivity index (χ3n) is 2.94. The first-order valence-electron chi connectivity index (χ1n) is 5.49. The van der Waals surface area contributed by atoms with E-state index in [0.717, 1.165) is 0 Å². The standard InChI is InChI=1S/C10H17N3O2/c1-7-10(15)11-4-5-13(7)9(14)6-12-8-2-3-8/h7-8,12H,2-6H2,1H3,(H,11,15). The highest BCUT2D eigenvalue weighted by atomic mass is 16.2. The molecule has 2 fully saturated rings. The highest BCUT2D eigenvalue weighted by Crippen LogP contribution is 2.18. The summed E-state index contributed by atoms with van der Waals surface area (Å²) in [6.45, 7) is 3.32. The van der Waals surface area contributed by atoms with Gasteiger partial charge in [0.2, 0.25) is 11.8 Å². The number of hydrogen-bond acceptors (Lipinski definition) is 3. The fourth-order valence-corrected chi connectivity index (χ4v) is 1.74. The molecule has 1 saturated carbocycles. The summed E-state index contributed by atoms with van der Waals surface area (Å²) in [6, 6.07) is 0.204. The van der Waals surface area contributed by atoms with Gasteiger partial charge in [-0.1, -0.05) is 0 Å². The summed E-state index contributed by atoms with van der Waals surface area (Å²) in [7, 11) is 0. The quantitative estimate of drug-likeness (QED) is 0.635. The summed E-state index contributed by atoms with van der Waals surface area (Å²) in [5.41, 5.74) is 0. The second-order valence-corrected chi connectivity index (χ2v) is 4.21. The van der Waals surface area contributed by atoms with Gasteiger partial charge in [-0.25, -0.2) is 0 Å². The fraction of sp³-hybridized carbons (Fsp3) is 0.800. The van der Waals surface area contributed by atoms with Crippen LogP contribution in [0.25, 0.3) is 0 Å². The average molecular weight is 211 g/mol. The Morgan fingerprint density at radius 3 is 3.00 bits per heavy atom. The van der Waals surface area contributed by atoms with E-state index in [1.165, 1.54) is 12.8 Å². The average Bonchev–Trinajstić information content (AvgIpc) is 3.02. The van der Waals surface area contributed by atoms with Crippen LogP contribution in [0.3, 0.4) is 0 Å². The SMILES string of the molecule is CC1C(=O)NCCN1C(=O)CNC1CC1. The molecule has 0 aromatic carbocycles. The largest absolute Gasteiger partial charge is 0.353 e. The molecule has 1 atom stereocenters. The molecule has 0 radical (unpaired) electrons. The van der Waals surface area contributed by atoms with Crippen molar-refractivity contribution < 1.29 is 9.59 Å². The zero-order valence-electron chi connectivity index (χ0n) is 8.95. The maximum Gasteiger partial charge on any atom is 0.242 e. The Bertz CT molecular complexity index is 276. The van der Waals surface area contributed by atoms with Crippen LogP contribution < -0.4 is 10.6 Å². The molecule has 0 aromatic rings. The molecule has 1 saturated heterocycles. The summed E-state index contributed by atoms with van der Waals surface area (Å²) in [5, 5.41) is 5.91. The summed E-state index contributed by atoms with van der Waals surface area (Å²) in [6.07, 6.45) is 2.34. The monoisotopic (exact) mass is 211 g/mol. The van der Waals surface area contributed by atoms with E-state index >= 15 is 0 Å². The minimum absolute atomic E-state index is 0.0317. The van der Waals surface area contributed by atoms with Gasteiger partial charge in [0.15, 0.2) is 0 Å². The maximum absolute atomic E-state index is 11.8. The van der Waals surface area contributed by atoms with Gasteiger partial charge in [-0.2, -0.15) is 0 Å². The van der Waals surface area contributed by atoms with Gasteiger partial charge in [-0.15, -0.1) is 0 Å². The number of hydrogen-bond donors (Lipinski definition) is 2. The van der Waals surface area contributed by atoms with Crippen LogP contribution in [0, 0.1) is 0 Å². The van der Waals surface area contributed by atoms with E-state index in [2.05, 4.69) is 10.6 Å². The van der Waals surface area contributed by atoms with Crippen LogP contribution in [0.4, 0.5) is 0 Å². The zero-order chi connectivity index (χ0) is 10.8. The first-order chi connectivity index (χ1) is 7.18. The molecule has 5 heteroatoms. The molecule has 1 aliphatic carbocycles. The molecule has 1 unspecified atom stereocenters. The lowest BCUT2D eigenvalue weighted by atomic mass is 10.2. The summed E-state index contributed by atoms with van der Waals surface area (Å²) >= 11 is 0. The third-order valence-corrected chi connectivity index (χ3v) is 2.94. The second-order valence-electron chi connectivity index (χ2n) is 4.21. The maximum atomic E-state index is 11.8. The van der Waals surface area contributed by atoms with Gasteiger partial charge in [0.25, 0.3) is 0 Å². The molecule has 1 aliphatic heterocycles. The van der Waals surface area contributed by atoms with E-state index in [0.29, 0.717) is 25.7 Å². The molecular weight excluding hydrogens is 194 g/mol. The second kappa shape index (κ2) is 4.18. The number of nitrogens with zero attached hydrogens (tertiary/aromatic N) is 1. The first kappa shape index (κ1) is 10.4. The Kier molecular flexibility index (Phi) is 2.90. The van der Waals surface area contributed by atoms with Crippen molar-refractivity contribution in [3.8, 4) is 0 Å². The number of nitrogens with one attached hydrogen (secondary N) is 2. The molecule has 2 aliphatic rings. The lowest BCUT2D eigenvalue weighted by Gasteiger charge is -2.32. The van der Waals surface area contributed by atoms with Crippen molar-refractivity contribution in [1.82, 2.24) is 15.5 Å². The molecule has 0 aromatic heterocycles. The van der Waals surface area contributed by atoms with Gasteiger partial charge in [0, 0.05) is 19.1 Å². The number of carbonyl (C=O) groups is 2. The van der Waals surface area contributed by atoms with E-state index in [4.69, 9.17) is 0 Å². The molecule has 5 nitrogen and oxygen atoms in total. The zero-order valence-corrected chi connectivity index (χ0v) is 8.95. The summed E-state index contributed by atoms with van der Waals surface area (Å²) in [5.74, 6) is -0.0229. The molecule has 2 rings (SSSR count). The molecule has 0 bridgehead atoms. The minimum Gasteiger partial charge on any atom is -0.353 e. The van der Waals surface area contributed by atoms with Crippen LogP contribution in [0.15, 0.2) is 0 Å². The predicted molar refractivity (Wildman–Crippen MR) is 55.2 cm³/mol. The van der Waals surface area contributed by atoms with Crippen LogP contribution in [-0.2, 0) is 9.59 Å². The first-order valence-corrected chi connectivity index (χ1v) is 5.49.